The van der Waals surface area contributed by atoms with Crippen LogP contribution in [0.4, 0.5) is 0 Å². The number of nitrogens with zero attached hydrogens (tertiary/aromatic N) is 3. The predicted molar refractivity (Wildman–Crippen MR) is 59.7 cm³/mol. The van der Waals surface area contributed by atoms with Crippen LogP contribution in [0.1, 0.15) is 18.2 Å². The van der Waals surface area contributed by atoms with E-state index in [0.29, 0.717) is 0 Å². The standard InChI is InChI=1S/C11H14N4/c1-3-10-11(13-14-15(10)12)9-7-5-4-6-8(9)2/h4-7H,3,12H2,1-2H3. The van der Waals surface area contributed by atoms with E-state index >= 15 is 0 Å². The van der Waals surface area contributed by atoms with E-state index in [-0.39, 0.29) is 0 Å². The van der Waals surface area contributed by atoms with Crippen LogP contribution in [-0.2, 0) is 6.42 Å². The number of nitrogen functional groups attached to an aromatic ring is 1. The summed E-state index contributed by atoms with van der Waals surface area (Å²) in [6, 6.07) is 8.11. The number of aryl methyl sites for hydroxylation is 1. The third-order valence-corrected chi connectivity index (χ3v) is 2.53. The molecule has 2 aromatic rings. The largest absolute Gasteiger partial charge is 0.322 e. The first-order valence-electron chi connectivity index (χ1n) is 4.99. The van der Waals surface area contributed by atoms with E-state index in [2.05, 4.69) is 23.3 Å². The number of hydrogen-bond donors (Lipinski definition) is 1. The van der Waals surface area contributed by atoms with Gasteiger partial charge in [-0.3, -0.25) is 0 Å². The summed E-state index contributed by atoms with van der Waals surface area (Å²) in [7, 11) is 0. The SMILES string of the molecule is CCc1c(-c2ccccc2C)nnn1N. The van der Waals surface area contributed by atoms with Crippen LogP contribution in [0.25, 0.3) is 11.3 Å². The van der Waals surface area contributed by atoms with E-state index in [0.717, 1.165) is 23.4 Å². The number of aromatic nitrogens is 3. The normalized spacial score (nSPS) is 10.5. The highest BCUT2D eigenvalue weighted by Gasteiger charge is 2.12. The number of nitrogens with two attached hydrogens (primary N) is 1. The molecule has 2 rings (SSSR count). The van der Waals surface area contributed by atoms with Gasteiger partial charge in [-0.05, 0) is 24.1 Å². The Morgan fingerprint density at radius 1 is 1.33 bits per heavy atom. The highest BCUT2D eigenvalue weighted by molar-refractivity contribution is 5.65. The third-order valence-electron chi connectivity index (χ3n) is 2.53. The molecular formula is C11H14N4. The lowest BCUT2D eigenvalue weighted by atomic mass is 10.0. The average Bonchev–Trinajstić information content (AvgIpc) is 2.60. The van der Waals surface area contributed by atoms with Gasteiger partial charge < -0.3 is 5.84 Å². The van der Waals surface area contributed by atoms with Gasteiger partial charge in [-0.2, -0.15) is 4.79 Å². The van der Waals surface area contributed by atoms with Crippen molar-refractivity contribution in [2.75, 3.05) is 5.84 Å². The van der Waals surface area contributed by atoms with Gasteiger partial charge in [0.05, 0.1) is 5.69 Å². The summed E-state index contributed by atoms with van der Waals surface area (Å²) in [5.41, 5.74) is 4.14. The average molecular weight is 202 g/mol. The second-order valence-corrected chi connectivity index (χ2v) is 3.50. The Balaban J connectivity index is 2.59. The number of rotatable bonds is 2. The van der Waals surface area contributed by atoms with Crippen molar-refractivity contribution in [3.63, 3.8) is 0 Å². The van der Waals surface area contributed by atoms with Gasteiger partial charge in [0.25, 0.3) is 0 Å². The minimum absolute atomic E-state index is 0.827. The fourth-order valence-electron chi connectivity index (χ4n) is 1.69. The molecule has 4 nitrogen and oxygen atoms in total. The lowest BCUT2D eigenvalue weighted by molar-refractivity contribution is 0.730. The van der Waals surface area contributed by atoms with Gasteiger partial charge in [0.1, 0.15) is 5.69 Å². The van der Waals surface area contributed by atoms with Gasteiger partial charge in [0, 0.05) is 5.56 Å². The molecule has 78 valence electrons. The third kappa shape index (κ3) is 1.58. The van der Waals surface area contributed by atoms with Crippen molar-refractivity contribution in [1.82, 2.24) is 15.1 Å². The molecule has 0 amide bonds. The minimum atomic E-state index is 0.827. The van der Waals surface area contributed by atoms with Crippen molar-refractivity contribution in [2.45, 2.75) is 20.3 Å². The maximum Gasteiger partial charge on any atom is 0.118 e. The fourth-order valence-corrected chi connectivity index (χ4v) is 1.69. The molecule has 4 heteroatoms. The molecule has 0 bridgehead atoms. The first-order chi connectivity index (χ1) is 7.24. The van der Waals surface area contributed by atoms with Crippen LogP contribution in [0.3, 0.4) is 0 Å². The maximum atomic E-state index is 5.68. The summed E-state index contributed by atoms with van der Waals surface area (Å²) in [4.78, 5) is 1.35. The zero-order chi connectivity index (χ0) is 10.8. The molecule has 0 saturated heterocycles. The molecule has 0 aliphatic carbocycles. The molecule has 1 aromatic heterocycles. The Morgan fingerprint density at radius 3 is 2.73 bits per heavy atom. The molecular weight excluding hydrogens is 188 g/mol. The Hall–Kier alpha value is -1.84. The van der Waals surface area contributed by atoms with Crippen molar-refractivity contribution >= 4 is 0 Å². The summed E-state index contributed by atoms with van der Waals surface area (Å²) in [6.45, 7) is 4.11. The van der Waals surface area contributed by atoms with Gasteiger partial charge in [-0.1, -0.05) is 31.2 Å². The molecule has 0 fully saturated rings. The molecule has 0 aliphatic rings. The zero-order valence-electron chi connectivity index (χ0n) is 8.94. The lowest BCUT2D eigenvalue weighted by Gasteiger charge is -2.03. The van der Waals surface area contributed by atoms with Gasteiger partial charge in [-0.25, -0.2) is 0 Å². The molecule has 0 aliphatic heterocycles. The summed E-state index contributed by atoms with van der Waals surface area (Å²) < 4.78 is 0. The van der Waals surface area contributed by atoms with Crippen LogP contribution in [0.15, 0.2) is 24.3 Å². The molecule has 2 N–H and O–H groups in total. The van der Waals surface area contributed by atoms with Gasteiger partial charge >= 0.3 is 0 Å². The molecule has 1 aromatic carbocycles. The van der Waals surface area contributed by atoms with Crippen molar-refractivity contribution in [3.05, 3.63) is 35.5 Å². The molecule has 0 spiro atoms. The van der Waals surface area contributed by atoms with Crippen LogP contribution in [0.5, 0.6) is 0 Å². The molecule has 0 atom stereocenters. The van der Waals surface area contributed by atoms with Gasteiger partial charge in [0.2, 0.25) is 0 Å². The Morgan fingerprint density at radius 2 is 2.07 bits per heavy atom. The van der Waals surface area contributed by atoms with E-state index in [1.54, 1.807) is 0 Å². The van der Waals surface area contributed by atoms with E-state index < -0.39 is 0 Å². The van der Waals surface area contributed by atoms with Crippen molar-refractivity contribution in [3.8, 4) is 11.3 Å². The van der Waals surface area contributed by atoms with E-state index in [4.69, 9.17) is 5.84 Å². The second kappa shape index (κ2) is 3.73. The van der Waals surface area contributed by atoms with E-state index in [9.17, 15) is 0 Å². The summed E-state index contributed by atoms with van der Waals surface area (Å²) in [5, 5.41) is 7.95. The lowest BCUT2D eigenvalue weighted by Crippen LogP contribution is -2.13. The highest BCUT2D eigenvalue weighted by atomic mass is 15.6. The second-order valence-electron chi connectivity index (χ2n) is 3.50. The summed E-state index contributed by atoms with van der Waals surface area (Å²) >= 11 is 0. The van der Waals surface area contributed by atoms with Crippen molar-refractivity contribution in [1.29, 1.82) is 0 Å². The Kier molecular flexibility index (Phi) is 2.41. The predicted octanol–water partition coefficient (Wildman–Crippen LogP) is 1.53. The van der Waals surface area contributed by atoms with E-state index in [1.165, 1.54) is 10.4 Å². The Labute approximate surface area is 88.7 Å². The molecule has 15 heavy (non-hydrogen) atoms. The molecule has 0 saturated carbocycles. The monoisotopic (exact) mass is 202 g/mol. The summed E-state index contributed by atoms with van der Waals surface area (Å²) in [5.74, 6) is 5.68. The molecule has 0 radical (unpaired) electrons. The minimum Gasteiger partial charge on any atom is -0.322 e. The molecule has 0 unspecified atom stereocenters. The van der Waals surface area contributed by atoms with Crippen LogP contribution in [0.2, 0.25) is 0 Å². The topological polar surface area (TPSA) is 56.7 Å². The maximum absolute atomic E-state index is 5.68. The fraction of sp³-hybridized carbons (Fsp3) is 0.273. The van der Waals surface area contributed by atoms with Crippen LogP contribution < -0.4 is 5.84 Å². The van der Waals surface area contributed by atoms with Crippen LogP contribution >= 0.6 is 0 Å². The number of benzene rings is 1. The molecule has 1 heterocycles. The zero-order valence-corrected chi connectivity index (χ0v) is 8.94. The number of hydrogen-bond acceptors (Lipinski definition) is 3. The summed E-state index contributed by atoms with van der Waals surface area (Å²) in [6.07, 6.45) is 0.827. The Bertz CT molecular complexity index is 473. The van der Waals surface area contributed by atoms with Crippen LogP contribution in [0, 0.1) is 6.92 Å². The van der Waals surface area contributed by atoms with Gasteiger partial charge in [-0.15, -0.1) is 5.10 Å². The van der Waals surface area contributed by atoms with Gasteiger partial charge in [0.15, 0.2) is 0 Å². The van der Waals surface area contributed by atoms with Crippen LogP contribution in [-0.4, -0.2) is 15.1 Å². The van der Waals surface area contributed by atoms with Crippen molar-refractivity contribution < 1.29 is 0 Å². The van der Waals surface area contributed by atoms with Crippen molar-refractivity contribution in [2.24, 2.45) is 0 Å². The first kappa shape index (κ1) is 9.71. The van der Waals surface area contributed by atoms with E-state index in [1.807, 2.05) is 25.1 Å². The smallest absolute Gasteiger partial charge is 0.118 e. The quantitative estimate of drug-likeness (QED) is 0.751. The highest BCUT2D eigenvalue weighted by Crippen LogP contribution is 2.23. The first-order valence-corrected chi connectivity index (χ1v) is 4.99.